The highest BCUT2D eigenvalue weighted by atomic mass is 32.1. The van der Waals surface area contributed by atoms with E-state index in [1.165, 1.54) is 12.1 Å². The van der Waals surface area contributed by atoms with E-state index in [2.05, 4.69) is 23.8 Å². The summed E-state index contributed by atoms with van der Waals surface area (Å²) in [5.41, 5.74) is 1.79. The first-order valence-electron chi connectivity index (χ1n) is 12.3. The van der Waals surface area contributed by atoms with Gasteiger partial charge in [-0.15, -0.1) is 11.3 Å². The zero-order valence-corrected chi connectivity index (χ0v) is 22.1. The van der Waals surface area contributed by atoms with Crippen molar-refractivity contribution in [2.75, 3.05) is 0 Å². The number of fused-ring (bicyclic) bond motifs is 2. The topological polar surface area (TPSA) is 119 Å². The van der Waals surface area contributed by atoms with Gasteiger partial charge in [0.2, 0.25) is 0 Å². The number of allylic oxidation sites excluding steroid dienone is 2. The van der Waals surface area contributed by atoms with Crippen molar-refractivity contribution < 1.29 is 31.6 Å². The standard InChI is InChI=1S/C14H14F3NO3.C14H11NO3S/c1-8-6-10-12(13(20)18-8)9(7-11(19)21-10)4-2-3-5-14(15,16)17;1-8-5-11-13(14(17)15-8)9(7-12(16)18-11)6-10-3-2-4-19-10/h7H,1-6H2,(H,18,20);2-4,7H,1,5-6H2,(H,15,17). The van der Waals surface area contributed by atoms with Crippen LogP contribution < -0.4 is 21.9 Å². The number of hydrogen-bond acceptors (Lipinski definition) is 7. The van der Waals surface area contributed by atoms with Gasteiger partial charge in [-0.05, 0) is 41.8 Å². The van der Waals surface area contributed by atoms with Gasteiger partial charge in [-0.3, -0.25) is 9.59 Å². The molecule has 0 saturated carbocycles. The molecule has 5 rings (SSSR count). The number of rotatable bonds is 6. The molecule has 40 heavy (non-hydrogen) atoms. The van der Waals surface area contributed by atoms with Crippen molar-refractivity contribution in [1.29, 1.82) is 0 Å². The smallest absolute Gasteiger partial charge is 0.389 e. The molecule has 3 aromatic rings. The van der Waals surface area contributed by atoms with Crippen LogP contribution in [0.2, 0.25) is 0 Å². The molecule has 2 aliphatic heterocycles. The fraction of sp³-hybridized carbons (Fsp3) is 0.286. The summed E-state index contributed by atoms with van der Waals surface area (Å²) in [6.07, 6.45) is -3.50. The van der Waals surface area contributed by atoms with E-state index < -0.39 is 29.8 Å². The lowest BCUT2D eigenvalue weighted by Crippen LogP contribution is -2.32. The highest BCUT2D eigenvalue weighted by molar-refractivity contribution is 7.09. The van der Waals surface area contributed by atoms with Crippen LogP contribution in [0.4, 0.5) is 13.2 Å². The van der Waals surface area contributed by atoms with Crippen molar-refractivity contribution >= 4 is 23.2 Å². The van der Waals surface area contributed by atoms with Gasteiger partial charge in [0.25, 0.3) is 11.8 Å². The van der Waals surface area contributed by atoms with Gasteiger partial charge in [-0.1, -0.05) is 19.2 Å². The largest absolute Gasteiger partial charge is 0.427 e. The van der Waals surface area contributed by atoms with E-state index in [0.717, 1.165) is 4.88 Å². The van der Waals surface area contributed by atoms with Crippen molar-refractivity contribution in [3.8, 4) is 0 Å². The molecule has 3 aromatic heterocycles. The highest BCUT2D eigenvalue weighted by Crippen LogP contribution is 2.26. The number of carbonyl (C=O) groups is 2. The molecular formula is C28H25F3N2O6S. The number of unbranched alkanes of at least 4 members (excludes halogenated alkanes) is 1. The summed E-state index contributed by atoms with van der Waals surface area (Å²) in [4.78, 5) is 48.1. The first-order chi connectivity index (χ1) is 18.9. The molecule has 0 spiro atoms. The number of carbonyl (C=O) groups excluding carboxylic acids is 2. The SMILES string of the molecule is C=C1Cc2oc(=O)cc(CCCCC(F)(F)F)c2C(=O)N1.C=C1Cc2oc(=O)cc(Cc3cccs3)c2C(=O)N1. The molecule has 0 aliphatic carbocycles. The van der Waals surface area contributed by atoms with Gasteiger partial charge in [-0.25, -0.2) is 9.59 Å². The number of aryl methyl sites for hydroxylation is 1. The van der Waals surface area contributed by atoms with Crippen molar-refractivity contribution in [1.82, 2.24) is 10.6 Å². The second-order valence-electron chi connectivity index (χ2n) is 9.33. The molecule has 8 nitrogen and oxygen atoms in total. The predicted molar refractivity (Wildman–Crippen MR) is 141 cm³/mol. The lowest BCUT2D eigenvalue weighted by Gasteiger charge is -2.19. The molecule has 0 saturated heterocycles. The molecule has 0 atom stereocenters. The third-order valence-electron chi connectivity index (χ3n) is 6.12. The second kappa shape index (κ2) is 11.9. The van der Waals surface area contributed by atoms with Gasteiger partial charge >= 0.3 is 17.4 Å². The Morgan fingerprint density at radius 1 is 0.850 bits per heavy atom. The lowest BCUT2D eigenvalue weighted by atomic mass is 9.97. The number of thiophene rings is 1. The molecule has 0 unspecified atom stereocenters. The Morgan fingerprint density at radius 2 is 1.40 bits per heavy atom. The van der Waals surface area contributed by atoms with Gasteiger partial charge in [0.15, 0.2) is 0 Å². The fourth-order valence-corrected chi connectivity index (χ4v) is 5.21. The summed E-state index contributed by atoms with van der Waals surface area (Å²) in [5.74, 6) is -0.0488. The van der Waals surface area contributed by atoms with E-state index in [-0.39, 0.29) is 42.9 Å². The number of hydrogen-bond donors (Lipinski definition) is 2. The minimum absolute atomic E-state index is 0.0488. The molecule has 2 amide bonds. The van der Waals surface area contributed by atoms with Crippen LogP contribution >= 0.6 is 11.3 Å². The Morgan fingerprint density at radius 3 is 1.93 bits per heavy atom. The molecule has 0 aromatic carbocycles. The Labute approximate surface area is 230 Å². The Bertz CT molecular complexity index is 1580. The van der Waals surface area contributed by atoms with Gasteiger partial charge in [0, 0.05) is 54.1 Å². The first-order valence-corrected chi connectivity index (χ1v) is 13.2. The van der Waals surface area contributed by atoms with Crippen molar-refractivity contribution in [3.63, 3.8) is 0 Å². The summed E-state index contributed by atoms with van der Waals surface area (Å²) in [7, 11) is 0. The van der Waals surface area contributed by atoms with E-state index in [4.69, 9.17) is 8.83 Å². The monoisotopic (exact) mass is 574 g/mol. The van der Waals surface area contributed by atoms with Crippen LogP contribution in [0, 0.1) is 0 Å². The maximum atomic E-state index is 12.1. The normalized spacial score (nSPS) is 14.5. The van der Waals surface area contributed by atoms with E-state index in [1.54, 1.807) is 11.3 Å². The minimum atomic E-state index is -4.19. The molecule has 0 radical (unpaired) electrons. The Kier molecular flexibility index (Phi) is 8.58. The molecule has 5 heterocycles. The highest BCUT2D eigenvalue weighted by Gasteiger charge is 2.28. The summed E-state index contributed by atoms with van der Waals surface area (Å²) >= 11 is 1.59. The molecule has 0 bridgehead atoms. The van der Waals surface area contributed by atoms with E-state index in [1.807, 2.05) is 17.5 Å². The zero-order chi connectivity index (χ0) is 29.0. The van der Waals surface area contributed by atoms with Crippen LogP contribution in [0.25, 0.3) is 0 Å². The fourth-order valence-electron chi connectivity index (χ4n) is 4.49. The van der Waals surface area contributed by atoms with Gasteiger partial charge < -0.3 is 19.5 Å². The average Bonchev–Trinajstić information content (AvgIpc) is 3.33. The van der Waals surface area contributed by atoms with Crippen LogP contribution in [-0.4, -0.2) is 18.0 Å². The summed E-state index contributed by atoms with van der Waals surface area (Å²) in [6, 6.07) is 6.48. The molecule has 2 aliphatic rings. The zero-order valence-electron chi connectivity index (χ0n) is 21.2. The van der Waals surface area contributed by atoms with E-state index >= 15 is 0 Å². The van der Waals surface area contributed by atoms with Gasteiger partial charge in [0.1, 0.15) is 11.5 Å². The van der Waals surface area contributed by atoms with Crippen LogP contribution in [-0.2, 0) is 25.7 Å². The minimum Gasteiger partial charge on any atom is -0.427 e. The van der Waals surface area contributed by atoms with Gasteiger partial charge in [-0.2, -0.15) is 13.2 Å². The average molecular weight is 575 g/mol. The molecule has 12 heteroatoms. The quantitative estimate of drug-likeness (QED) is 0.408. The summed E-state index contributed by atoms with van der Waals surface area (Å²) in [6.45, 7) is 7.31. The molecule has 210 valence electrons. The Balaban J connectivity index is 0.000000186. The number of amides is 2. The van der Waals surface area contributed by atoms with Crippen molar-refractivity contribution in [3.05, 3.63) is 114 Å². The number of halogens is 3. The third-order valence-corrected chi connectivity index (χ3v) is 6.99. The van der Waals surface area contributed by atoms with E-state index in [0.29, 0.717) is 46.7 Å². The Hall–Kier alpha value is -4.19. The second-order valence-corrected chi connectivity index (χ2v) is 10.4. The van der Waals surface area contributed by atoms with Crippen molar-refractivity contribution in [2.45, 2.75) is 51.1 Å². The summed E-state index contributed by atoms with van der Waals surface area (Å²) < 4.78 is 46.4. The molecular weight excluding hydrogens is 549 g/mol. The first kappa shape index (κ1) is 28.8. The number of alkyl halides is 3. The molecule has 2 N–H and O–H groups in total. The number of nitrogens with one attached hydrogen (secondary N) is 2. The van der Waals surface area contributed by atoms with Crippen LogP contribution in [0.5, 0.6) is 0 Å². The molecule has 0 fully saturated rings. The lowest BCUT2D eigenvalue weighted by molar-refractivity contribution is -0.135. The van der Waals surface area contributed by atoms with Crippen molar-refractivity contribution in [2.24, 2.45) is 0 Å². The van der Waals surface area contributed by atoms with Crippen LogP contribution in [0.15, 0.2) is 72.6 Å². The van der Waals surface area contributed by atoms with E-state index in [9.17, 15) is 32.3 Å². The maximum Gasteiger partial charge on any atom is 0.389 e. The maximum absolute atomic E-state index is 12.1. The van der Waals surface area contributed by atoms with Crippen LogP contribution in [0.3, 0.4) is 0 Å². The predicted octanol–water partition coefficient (Wildman–Crippen LogP) is 4.81. The summed E-state index contributed by atoms with van der Waals surface area (Å²) in [5, 5.41) is 7.18. The van der Waals surface area contributed by atoms with Crippen LogP contribution in [0.1, 0.15) is 67.5 Å². The third kappa shape index (κ3) is 7.26. The van der Waals surface area contributed by atoms with Gasteiger partial charge in [0.05, 0.1) is 11.1 Å².